The number of nitrogens with one attached hydrogen (secondary N) is 1. The summed E-state index contributed by atoms with van der Waals surface area (Å²) in [4.78, 5) is 0. The minimum Gasteiger partial charge on any atom is -0.302 e. The van der Waals surface area contributed by atoms with Gasteiger partial charge in [-0.05, 0) is 12.2 Å². The Morgan fingerprint density at radius 1 is 1.42 bits per heavy atom. The number of hydrogen-bond donors (Lipinski definition) is 1. The zero-order chi connectivity index (χ0) is 8.39. The first-order valence-electron chi connectivity index (χ1n) is 3.74. The van der Waals surface area contributed by atoms with Gasteiger partial charge in [-0.15, -0.1) is 0 Å². The summed E-state index contributed by atoms with van der Waals surface area (Å²) in [7, 11) is 1.90. The van der Waals surface area contributed by atoms with Crippen LogP contribution in [0.5, 0.6) is 0 Å². The van der Waals surface area contributed by atoms with Gasteiger partial charge in [-0.1, -0.05) is 0 Å². The van der Waals surface area contributed by atoms with Crippen molar-refractivity contribution in [2.24, 2.45) is 7.05 Å². The monoisotopic (exact) mass is 162 g/mol. The molecule has 4 nitrogen and oxygen atoms in total. The fourth-order valence-corrected chi connectivity index (χ4v) is 1.05. The topological polar surface area (TPSA) is 33.1 Å². The number of hydrogen-bond acceptors (Lipinski definition) is 3. The SMILES string of the molecule is Cn1cc(N2C=CC=CN2)cn1. The molecule has 0 spiro atoms. The molecule has 0 atom stereocenters. The summed E-state index contributed by atoms with van der Waals surface area (Å²) in [5.74, 6) is 0. The van der Waals surface area contributed by atoms with Crippen molar-refractivity contribution in [2.45, 2.75) is 0 Å². The summed E-state index contributed by atoms with van der Waals surface area (Å²) in [6, 6.07) is 0. The van der Waals surface area contributed by atoms with E-state index in [0.29, 0.717) is 0 Å². The van der Waals surface area contributed by atoms with E-state index in [1.54, 1.807) is 10.9 Å². The quantitative estimate of drug-likeness (QED) is 0.662. The molecule has 0 saturated carbocycles. The standard InChI is InChI=1S/C8H10N4/c1-11-7-8(6-10-11)12-5-3-2-4-9-12/h2-7,9H,1H3. The average Bonchev–Trinajstić information content (AvgIpc) is 2.54. The third kappa shape index (κ3) is 1.18. The predicted molar refractivity (Wildman–Crippen MR) is 47.1 cm³/mol. The minimum absolute atomic E-state index is 1.03. The highest BCUT2D eigenvalue weighted by Gasteiger charge is 2.03. The van der Waals surface area contributed by atoms with Gasteiger partial charge in [0.05, 0.1) is 12.4 Å². The van der Waals surface area contributed by atoms with Crippen molar-refractivity contribution in [3.63, 3.8) is 0 Å². The van der Waals surface area contributed by atoms with Crippen molar-refractivity contribution in [3.05, 3.63) is 36.9 Å². The normalized spacial score (nSPS) is 14.9. The van der Waals surface area contributed by atoms with E-state index in [2.05, 4.69) is 10.5 Å². The molecule has 0 saturated heterocycles. The molecule has 62 valence electrons. The summed E-state index contributed by atoms with van der Waals surface area (Å²) in [5.41, 5.74) is 4.09. The maximum absolute atomic E-state index is 4.07. The molecule has 1 aromatic rings. The molecule has 1 aromatic heterocycles. The second-order valence-electron chi connectivity index (χ2n) is 2.57. The maximum atomic E-state index is 4.07. The van der Waals surface area contributed by atoms with Gasteiger partial charge in [-0.2, -0.15) is 5.10 Å². The molecular formula is C8H10N4. The Morgan fingerprint density at radius 2 is 2.33 bits per heavy atom. The van der Waals surface area contributed by atoms with Gasteiger partial charge in [-0.25, -0.2) is 0 Å². The molecular weight excluding hydrogens is 152 g/mol. The van der Waals surface area contributed by atoms with Crippen LogP contribution in [-0.2, 0) is 7.05 Å². The number of aryl methyl sites for hydroxylation is 1. The lowest BCUT2D eigenvalue weighted by Crippen LogP contribution is -2.29. The summed E-state index contributed by atoms with van der Waals surface area (Å²) in [5, 5.41) is 5.96. The highest BCUT2D eigenvalue weighted by Crippen LogP contribution is 2.11. The van der Waals surface area contributed by atoms with Gasteiger partial charge in [0.25, 0.3) is 0 Å². The Kier molecular flexibility index (Phi) is 1.59. The molecule has 2 rings (SSSR count). The predicted octanol–water partition coefficient (Wildman–Crippen LogP) is 0.772. The van der Waals surface area contributed by atoms with Crippen LogP contribution in [0.15, 0.2) is 36.9 Å². The molecule has 0 fully saturated rings. The number of hydrazine groups is 1. The van der Waals surface area contributed by atoms with Crippen LogP contribution in [-0.4, -0.2) is 9.78 Å². The number of nitrogens with zero attached hydrogens (tertiary/aromatic N) is 3. The van der Waals surface area contributed by atoms with Crippen molar-refractivity contribution in [3.8, 4) is 0 Å². The Labute approximate surface area is 70.8 Å². The highest BCUT2D eigenvalue weighted by atomic mass is 15.5. The molecule has 0 aromatic carbocycles. The fraction of sp³-hybridized carbons (Fsp3) is 0.125. The van der Waals surface area contributed by atoms with Crippen molar-refractivity contribution >= 4 is 5.69 Å². The van der Waals surface area contributed by atoms with Gasteiger partial charge in [0.15, 0.2) is 0 Å². The highest BCUT2D eigenvalue weighted by molar-refractivity contribution is 5.45. The Bertz CT molecular complexity index is 324. The summed E-state index contributed by atoms with van der Waals surface area (Å²) < 4.78 is 1.77. The molecule has 0 bridgehead atoms. The first-order valence-corrected chi connectivity index (χ1v) is 3.74. The third-order valence-electron chi connectivity index (χ3n) is 1.63. The van der Waals surface area contributed by atoms with Crippen molar-refractivity contribution < 1.29 is 0 Å². The molecule has 0 amide bonds. The fourth-order valence-electron chi connectivity index (χ4n) is 1.05. The smallest absolute Gasteiger partial charge is 0.100 e. The van der Waals surface area contributed by atoms with E-state index in [9.17, 15) is 0 Å². The molecule has 12 heavy (non-hydrogen) atoms. The van der Waals surface area contributed by atoms with Crippen LogP contribution in [0, 0.1) is 0 Å². The van der Waals surface area contributed by atoms with Gasteiger partial charge < -0.3 is 5.43 Å². The number of allylic oxidation sites excluding steroid dienone is 2. The van der Waals surface area contributed by atoms with Gasteiger partial charge in [0, 0.05) is 19.4 Å². The summed E-state index contributed by atoms with van der Waals surface area (Å²) in [6.45, 7) is 0. The van der Waals surface area contributed by atoms with Crippen LogP contribution >= 0.6 is 0 Å². The number of aromatic nitrogens is 2. The van der Waals surface area contributed by atoms with E-state index >= 15 is 0 Å². The van der Waals surface area contributed by atoms with Crippen molar-refractivity contribution in [1.82, 2.24) is 15.2 Å². The Hall–Kier alpha value is -1.71. The minimum atomic E-state index is 1.03. The lowest BCUT2D eigenvalue weighted by Gasteiger charge is -2.19. The van der Waals surface area contributed by atoms with E-state index in [4.69, 9.17) is 0 Å². The van der Waals surface area contributed by atoms with Crippen molar-refractivity contribution in [1.29, 1.82) is 0 Å². The Balaban J connectivity index is 2.20. The third-order valence-corrected chi connectivity index (χ3v) is 1.63. The maximum Gasteiger partial charge on any atom is 0.100 e. The molecule has 0 aliphatic carbocycles. The average molecular weight is 162 g/mol. The van der Waals surface area contributed by atoms with E-state index in [1.807, 2.05) is 42.8 Å². The molecule has 4 heteroatoms. The molecule has 0 radical (unpaired) electrons. The zero-order valence-corrected chi connectivity index (χ0v) is 6.81. The van der Waals surface area contributed by atoms with Gasteiger partial charge in [0.2, 0.25) is 0 Å². The van der Waals surface area contributed by atoms with Crippen molar-refractivity contribution in [2.75, 3.05) is 5.01 Å². The summed E-state index contributed by atoms with van der Waals surface area (Å²) in [6.07, 6.45) is 11.5. The molecule has 1 N–H and O–H groups in total. The first kappa shape index (κ1) is 6.97. The van der Waals surface area contributed by atoms with E-state index in [1.165, 1.54) is 0 Å². The lowest BCUT2D eigenvalue weighted by atomic mass is 10.5. The van der Waals surface area contributed by atoms with Crippen LogP contribution in [0.2, 0.25) is 0 Å². The largest absolute Gasteiger partial charge is 0.302 e. The van der Waals surface area contributed by atoms with Gasteiger partial charge in [0.1, 0.15) is 5.69 Å². The molecule has 0 unspecified atom stereocenters. The second kappa shape index (κ2) is 2.73. The first-order chi connectivity index (χ1) is 5.86. The number of anilines is 1. The van der Waals surface area contributed by atoms with Crippen LogP contribution in [0.25, 0.3) is 0 Å². The van der Waals surface area contributed by atoms with Crippen LogP contribution in [0.1, 0.15) is 0 Å². The molecule has 1 aliphatic rings. The molecule has 2 heterocycles. The lowest BCUT2D eigenvalue weighted by molar-refractivity contribution is 0.766. The molecule has 1 aliphatic heterocycles. The van der Waals surface area contributed by atoms with Gasteiger partial charge >= 0.3 is 0 Å². The zero-order valence-electron chi connectivity index (χ0n) is 6.81. The van der Waals surface area contributed by atoms with E-state index in [0.717, 1.165) is 5.69 Å². The summed E-state index contributed by atoms with van der Waals surface area (Å²) >= 11 is 0. The van der Waals surface area contributed by atoms with E-state index in [-0.39, 0.29) is 0 Å². The number of rotatable bonds is 1. The van der Waals surface area contributed by atoms with E-state index < -0.39 is 0 Å². The van der Waals surface area contributed by atoms with Crippen LogP contribution in [0.3, 0.4) is 0 Å². The van der Waals surface area contributed by atoms with Crippen LogP contribution in [0.4, 0.5) is 5.69 Å². The van der Waals surface area contributed by atoms with Crippen LogP contribution < -0.4 is 10.4 Å². The van der Waals surface area contributed by atoms with Gasteiger partial charge in [-0.3, -0.25) is 9.69 Å². The second-order valence-corrected chi connectivity index (χ2v) is 2.57. The Morgan fingerprint density at radius 3 is 2.92 bits per heavy atom.